The van der Waals surface area contributed by atoms with E-state index in [4.69, 9.17) is 9.73 Å². The van der Waals surface area contributed by atoms with Gasteiger partial charge in [0.1, 0.15) is 6.29 Å². The molecule has 0 spiro atoms. The van der Waals surface area contributed by atoms with Crippen LogP contribution < -0.4 is 16.0 Å². The van der Waals surface area contributed by atoms with Crippen LogP contribution in [0.1, 0.15) is 38.5 Å². The Kier molecular flexibility index (Phi) is 7.85. The Morgan fingerprint density at radius 3 is 2.62 bits per heavy atom. The number of nitrogens with one attached hydrogen (secondary N) is 3. The fourth-order valence-corrected chi connectivity index (χ4v) is 6.60. The lowest BCUT2D eigenvalue weighted by Gasteiger charge is -2.43. The highest BCUT2D eigenvalue weighted by Gasteiger charge is 2.31. The third-order valence-corrected chi connectivity index (χ3v) is 8.63. The summed E-state index contributed by atoms with van der Waals surface area (Å²) in [5.41, 5.74) is 1.91. The molecule has 3 aliphatic heterocycles. The van der Waals surface area contributed by atoms with E-state index in [1.54, 1.807) is 11.3 Å². The molecule has 2 fully saturated rings. The molecule has 0 radical (unpaired) electrons. The SMILES string of the molecule is COC(=O)CSc1nc2ccc(NC3=NC(N4CCCCC4)NC(N4CCCCC4)N3)cc2s1. The number of fused-ring (bicyclic) bond motifs is 1. The number of esters is 1. The number of aromatic nitrogens is 1. The number of aliphatic imine (C=N–C) groups is 1. The maximum atomic E-state index is 11.4. The van der Waals surface area contributed by atoms with Crippen LogP contribution in [-0.2, 0) is 9.53 Å². The topological polar surface area (TPSA) is 94.1 Å². The van der Waals surface area contributed by atoms with Crippen LogP contribution in [-0.4, -0.2) is 78.3 Å². The second-order valence-corrected chi connectivity index (χ2v) is 11.2. The molecule has 0 amide bonds. The van der Waals surface area contributed by atoms with Gasteiger partial charge in [-0.05, 0) is 43.9 Å². The predicted octanol–water partition coefficient (Wildman–Crippen LogP) is 3.06. The molecule has 11 heteroatoms. The third-order valence-electron chi connectivity index (χ3n) is 6.50. The second-order valence-electron chi connectivity index (χ2n) is 8.91. The maximum Gasteiger partial charge on any atom is 0.316 e. The van der Waals surface area contributed by atoms with Crippen LogP contribution >= 0.6 is 23.1 Å². The molecular formula is C23H33N7O2S2. The first-order chi connectivity index (χ1) is 16.7. The summed E-state index contributed by atoms with van der Waals surface area (Å²) in [5, 5.41) is 10.9. The number of anilines is 1. The van der Waals surface area contributed by atoms with Crippen molar-refractivity contribution in [2.75, 3.05) is 44.4 Å². The van der Waals surface area contributed by atoms with Gasteiger partial charge in [-0.1, -0.05) is 24.6 Å². The second kappa shape index (κ2) is 11.2. The maximum absolute atomic E-state index is 11.4. The number of piperidine rings is 2. The molecule has 1 aromatic heterocycles. The van der Waals surface area contributed by atoms with Gasteiger partial charge < -0.3 is 15.4 Å². The number of methoxy groups -OCH3 is 1. The number of benzene rings is 1. The Hall–Kier alpha value is -1.92. The zero-order valence-electron chi connectivity index (χ0n) is 19.6. The van der Waals surface area contributed by atoms with E-state index < -0.39 is 0 Å². The summed E-state index contributed by atoms with van der Waals surface area (Å²) in [6, 6.07) is 6.16. The van der Waals surface area contributed by atoms with Crippen molar-refractivity contribution >= 4 is 50.9 Å². The molecule has 1 aromatic carbocycles. The number of carbonyl (C=O) groups excluding carboxylic acids is 1. The predicted molar refractivity (Wildman–Crippen MR) is 138 cm³/mol. The summed E-state index contributed by atoms with van der Waals surface area (Å²) < 4.78 is 6.67. The number of likely N-dealkylation sites (tertiary alicyclic amines) is 2. The Morgan fingerprint density at radius 1 is 1.15 bits per heavy atom. The molecule has 34 heavy (non-hydrogen) atoms. The van der Waals surface area contributed by atoms with Gasteiger partial charge in [0, 0.05) is 31.9 Å². The lowest BCUT2D eigenvalue weighted by Crippen LogP contribution is -2.67. The average molecular weight is 504 g/mol. The van der Waals surface area contributed by atoms with Crippen molar-refractivity contribution in [3.8, 4) is 0 Å². The highest BCUT2D eigenvalue weighted by molar-refractivity contribution is 8.01. The van der Waals surface area contributed by atoms with Crippen molar-refractivity contribution in [3.05, 3.63) is 18.2 Å². The van der Waals surface area contributed by atoms with E-state index in [0.717, 1.165) is 52.4 Å². The standard InChI is InChI=1S/C23H33N7O2S2/c1-32-19(31)15-33-23-25-17-9-8-16(14-18(17)34-23)24-20-26-21(29-10-4-2-5-11-29)28-22(27-20)30-12-6-3-7-13-30/h8-9,14,21-22,28H,2-7,10-13,15H2,1H3,(H2,24,26,27). The van der Waals surface area contributed by atoms with Crippen molar-refractivity contribution < 1.29 is 9.53 Å². The number of hydrogen-bond donors (Lipinski definition) is 3. The normalized spacial score (nSPS) is 24.4. The molecule has 4 heterocycles. The van der Waals surface area contributed by atoms with Crippen molar-refractivity contribution in [1.29, 1.82) is 0 Å². The molecule has 9 nitrogen and oxygen atoms in total. The van der Waals surface area contributed by atoms with E-state index in [2.05, 4.69) is 36.8 Å². The zero-order valence-corrected chi connectivity index (χ0v) is 21.2. The number of hydrogen-bond acceptors (Lipinski definition) is 11. The quantitative estimate of drug-likeness (QED) is 0.406. The van der Waals surface area contributed by atoms with Gasteiger partial charge in [0.2, 0.25) is 5.96 Å². The molecule has 0 bridgehead atoms. The molecule has 3 N–H and O–H groups in total. The largest absolute Gasteiger partial charge is 0.468 e. The van der Waals surface area contributed by atoms with Gasteiger partial charge in [-0.25, -0.2) is 15.3 Å². The van der Waals surface area contributed by atoms with Crippen LogP contribution in [0.15, 0.2) is 27.5 Å². The molecule has 184 valence electrons. The number of carbonyl (C=O) groups is 1. The Bertz CT molecular complexity index is 1020. The molecule has 2 aromatic rings. The summed E-state index contributed by atoms with van der Waals surface area (Å²) in [4.78, 5) is 26.0. The molecule has 2 unspecified atom stereocenters. The third kappa shape index (κ3) is 5.83. The van der Waals surface area contributed by atoms with Crippen LogP contribution in [0, 0.1) is 0 Å². The van der Waals surface area contributed by atoms with Gasteiger partial charge in [0.25, 0.3) is 0 Å². The molecule has 2 saturated heterocycles. The smallest absolute Gasteiger partial charge is 0.316 e. The minimum Gasteiger partial charge on any atom is -0.468 e. The number of thioether (sulfide) groups is 1. The first-order valence-corrected chi connectivity index (χ1v) is 13.9. The Balaban J connectivity index is 1.31. The highest BCUT2D eigenvalue weighted by atomic mass is 32.2. The van der Waals surface area contributed by atoms with Crippen molar-refractivity contribution in [1.82, 2.24) is 25.4 Å². The minimum atomic E-state index is -0.242. The van der Waals surface area contributed by atoms with E-state index in [1.165, 1.54) is 57.4 Å². The first kappa shape index (κ1) is 23.8. The number of ether oxygens (including phenoxy) is 1. The van der Waals surface area contributed by atoms with Gasteiger partial charge in [-0.15, -0.1) is 11.3 Å². The van der Waals surface area contributed by atoms with Gasteiger partial charge >= 0.3 is 5.97 Å². The van der Waals surface area contributed by atoms with Crippen molar-refractivity contribution in [3.63, 3.8) is 0 Å². The molecular weight excluding hydrogens is 470 g/mol. The molecule has 5 rings (SSSR count). The number of thiazole rings is 1. The van der Waals surface area contributed by atoms with E-state index in [-0.39, 0.29) is 24.3 Å². The van der Waals surface area contributed by atoms with Gasteiger partial charge in [0.15, 0.2) is 10.6 Å². The number of guanidine groups is 1. The van der Waals surface area contributed by atoms with Crippen LogP contribution in [0.5, 0.6) is 0 Å². The van der Waals surface area contributed by atoms with Gasteiger partial charge in [-0.3, -0.25) is 14.6 Å². The summed E-state index contributed by atoms with van der Waals surface area (Å²) in [7, 11) is 1.41. The molecule has 0 aliphatic carbocycles. The fraction of sp³-hybridized carbons (Fsp3) is 0.609. The Labute approximate surface area is 208 Å². The summed E-state index contributed by atoms with van der Waals surface area (Å²) >= 11 is 3.00. The van der Waals surface area contributed by atoms with E-state index in [1.807, 2.05) is 12.1 Å². The lowest BCUT2D eigenvalue weighted by molar-refractivity contribution is -0.137. The van der Waals surface area contributed by atoms with Crippen molar-refractivity contribution in [2.45, 2.75) is 55.4 Å². The number of rotatable bonds is 6. The van der Waals surface area contributed by atoms with Crippen LogP contribution in [0.4, 0.5) is 5.69 Å². The summed E-state index contributed by atoms with van der Waals surface area (Å²) in [6.45, 7) is 4.37. The van der Waals surface area contributed by atoms with Crippen LogP contribution in [0.2, 0.25) is 0 Å². The summed E-state index contributed by atoms with van der Waals surface area (Å²) in [6.07, 6.45) is 7.62. The lowest BCUT2D eigenvalue weighted by atomic mass is 10.1. The highest BCUT2D eigenvalue weighted by Crippen LogP contribution is 2.31. The van der Waals surface area contributed by atoms with E-state index >= 15 is 0 Å². The van der Waals surface area contributed by atoms with Crippen molar-refractivity contribution in [2.24, 2.45) is 4.99 Å². The number of nitrogens with zero attached hydrogens (tertiary/aromatic N) is 4. The monoisotopic (exact) mass is 503 g/mol. The van der Waals surface area contributed by atoms with E-state index in [0.29, 0.717) is 0 Å². The first-order valence-electron chi connectivity index (χ1n) is 12.1. The average Bonchev–Trinajstić information content (AvgIpc) is 3.30. The summed E-state index contributed by atoms with van der Waals surface area (Å²) in [5.74, 6) is 0.826. The molecule has 0 saturated carbocycles. The van der Waals surface area contributed by atoms with Crippen LogP contribution in [0.3, 0.4) is 0 Å². The molecule has 2 atom stereocenters. The zero-order chi connectivity index (χ0) is 23.3. The Morgan fingerprint density at radius 2 is 1.88 bits per heavy atom. The van der Waals surface area contributed by atoms with E-state index in [9.17, 15) is 4.79 Å². The fourth-order valence-electron chi connectivity index (χ4n) is 4.66. The minimum absolute atomic E-state index is 0.0237. The van der Waals surface area contributed by atoms with Gasteiger partial charge in [0.05, 0.1) is 23.1 Å². The molecule has 3 aliphatic rings. The van der Waals surface area contributed by atoms with Crippen LogP contribution in [0.25, 0.3) is 10.2 Å². The van der Waals surface area contributed by atoms with Gasteiger partial charge in [-0.2, -0.15) is 0 Å².